The number of rotatable bonds is 9. The molecule has 0 amide bonds. The molecular formula is C20H32N2O. The fourth-order valence-corrected chi connectivity index (χ4v) is 4.40. The molecule has 3 unspecified atom stereocenters. The summed E-state index contributed by atoms with van der Waals surface area (Å²) in [5, 5.41) is 7.33. The van der Waals surface area contributed by atoms with E-state index >= 15 is 0 Å². The molecule has 0 aliphatic heterocycles. The summed E-state index contributed by atoms with van der Waals surface area (Å²) in [6.45, 7) is 5.39. The van der Waals surface area contributed by atoms with Gasteiger partial charge in [-0.25, -0.2) is 0 Å². The monoisotopic (exact) mass is 316 g/mol. The summed E-state index contributed by atoms with van der Waals surface area (Å²) >= 11 is 0. The summed E-state index contributed by atoms with van der Waals surface area (Å²) in [5.74, 6) is 3.03. The Hall–Kier alpha value is -1.06. The Balaban J connectivity index is 1.24. The predicted molar refractivity (Wildman–Crippen MR) is 96.2 cm³/mol. The van der Waals surface area contributed by atoms with Gasteiger partial charge < -0.3 is 15.4 Å². The summed E-state index contributed by atoms with van der Waals surface area (Å²) in [6, 6.07) is 7.36. The Morgan fingerprint density at radius 3 is 2.78 bits per heavy atom. The van der Waals surface area contributed by atoms with Crippen molar-refractivity contribution in [2.24, 2.45) is 11.8 Å². The molecule has 2 N–H and O–H groups in total. The van der Waals surface area contributed by atoms with Crippen LogP contribution in [0.1, 0.15) is 43.2 Å². The second-order valence-electron chi connectivity index (χ2n) is 7.39. The molecule has 2 aliphatic rings. The first kappa shape index (κ1) is 16.8. The van der Waals surface area contributed by atoms with E-state index in [0.29, 0.717) is 0 Å². The molecule has 3 heteroatoms. The average Bonchev–Trinajstić information content (AvgIpc) is 3.18. The van der Waals surface area contributed by atoms with Gasteiger partial charge in [0, 0.05) is 19.1 Å². The molecule has 0 heterocycles. The molecule has 1 aromatic rings. The lowest BCUT2D eigenvalue weighted by Gasteiger charge is -2.23. The molecule has 3 nitrogen and oxygen atoms in total. The highest BCUT2D eigenvalue weighted by Gasteiger charge is 2.38. The van der Waals surface area contributed by atoms with Crippen LogP contribution in [-0.2, 0) is 6.42 Å². The SMILES string of the molecule is COc1cc(CCCNCCNC2CC3CCC2C3)ccc1C. The third kappa shape index (κ3) is 4.48. The number of hydrogen-bond acceptors (Lipinski definition) is 3. The number of benzene rings is 1. The maximum atomic E-state index is 5.39. The van der Waals surface area contributed by atoms with Crippen LogP contribution in [0.15, 0.2) is 18.2 Å². The van der Waals surface area contributed by atoms with E-state index in [-0.39, 0.29) is 0 Å². The first-order valence-electron chi connectivity index (χ1n) is 9.34. The van der Waals surface area contributed by atoms with Gasteiger partial charge in [-0.3, -0.25) is 0 Å². The molecule has 0 saturated heterocycles. The van der Waals surface area contributed by atoms with E-state index in [1.54, 1.807) is 7.11 Å². The quantitative estimate of drug-likeness (QED) is 0.686. The van der Waals surface area contributed by atoms with Crippen molar-refractivity contribution in [3.63, 3.8) is 0 Å². The Labute approximate surface area is 141 Å². The van der Waals surface area contributed by atoms with Gasteiger partial charge in [0.25, 0.3) is 0 Å². The highest BCUT2D eigenvalue weighted by Crippen LogP contribution is 2.44. The van der Waals surface area contributed by atoms with E-state index in [1.165, 1.54) is 43.2 Å². The van der Waals surface area contributed by atoms with Gasteiger partial charge >= 0.3 is 0 Å². The molecule has 0 spiro atoms. The first-order chi connectivity index (χ1) is 11.3. The number of hydrogen-bond donors (Lipinski definition) is 2. The predicted octanol–water partition coefficient (Wildman–Crippen LogP) is 3.30. The third-order valence-electron chi connectivity index (χ3n) is 5.74. The zero-order chi connectivity index (χ0) is 16.1. The van der Waals surface area contributed by atoms with Crippen LogP contribution in [0.3, 0.4) is 0 Å². The van der Waals surface area contributed by atoms with Gasteiger partial charge in [0.15, 0.2) is 0 Å². The molecule has 2 saturated carbocycles. The summed E-state index contributed by atoms with van der Waals surface area (Å²) in [4.78, 5) is 0. The topological polar surface area (TPSA) is 33.3 Å². The molecule has 2 bridgehead atoms. The molecule has 0 aromatic heterocycles. The molecule has 0 radical (unpaired) electrons. The van der Waals surface area contributed by atoms with Gasteiger partial charge in [0.1, 0.15) is 5.75 Å². The average molecular weight is 316 g/mol. The van der Waals surface area contributed by atoms with Crippen LogP contribution in [0.25, 0.3) is 0 Å². The van der Waals surface area contributed by atoms with Gasteiger partial charge in [-0.05, 0) is 74.6 Å². The second-order valence-corrected chi connectivity index (χ2v) is 7.39. The number of methoxy groups -OCH3 is 1. The van der Waals surface area contributed by atoms with Crippen molar-refractivity contribution in [1.29, 1.82) is 0 Å². The Kier molecular flexibility index (Phi) is 5.96. The van der Waals surface area contributed by atoms with Crippen LogP contribution in [-0.4, -0.2) is 32.8 Å². The standard InChI is InChI=1S/C20H32N2O/c1-15-5-6-16(14-20(15)23-2)4-3-9-21-10-11-22-19-13-17-7-8-18(19)12-17/h5-6,14,17-19,21-22H,3-4,7-13H2,1-2H3. The minimum absolute atomic E-state index is 0.815. The lowest BCUT2D eigenvalue weighted by molar-refractivity contribution is 0.351. The van der Waals surface area contributed by atoms with Crippen LogP contribution >= 0.6 is 0 Å². The number of nitrogens with one attached hydrogen (secondary N) is 2. The highest BCUT2D eigenvalue weighted by atomic mass is 16.5. The van der Waals surface area contributed by atoms with E-state index in [9.17, 15) is 0 Å². The van der Waals surface area contributed by atoms with E-state index in [4.69, 9.17) is 4.74 Å². The first-order valence-corrected chi connectivity index (χ1v) is 9.34. The zero-order valence-electron chi connectivity index (χ0n) is 14.7. The molecule has 2 aliphatic carbocycles. The fourth-order valence-electron chi connectivity index (χ4n) is 4.40. The van der Waals surface area contributed by atoms with E-state index < -0.39 is 0 Å². The van der Waals surface area contributed by atoms with Crippen LogP contribution in [0.4, 0.5) is 0 Å². The summed E-state index contributed by atoms with van der Waals surface area (Å²) in [6.07, 6.45) is 8.18. The number of aryl methyl sites for hydroxylation is 2. The largest absolute Gasteiger partial charge is 0.496 e. The Morgan fingerprint density at radius 2 is 2.04 bits per heavy atom. The van der Waals surface area contributed by atoms with Gasteiger partial charge in [0.2, 0.25) is 0 Å². The smallest absolute Gasteiger partial charge is 0.122 e. The highest BCUT2D eigenvalue weighted by molar-refractivity contribution is 5.36. The number of ether oxygens (including phenoxy) is 1. The summed E-state index contributed by atoms with van der Waals surface area (Å²) in [5.41, 5.74) is 2.58. The van der Waals surface area contributed by atoms with Crippen molar-refractivity contribution in [3.8, 4) is 5.75 Å². The molecule has 23 heavy (non-hydrogen) atoms. The van der Waals surface area contributed by atoms with E-state index in [2.05, 4.69) is 35.8 Å². The van der Waals surface area contributed by atoms with Crippen molar-refractivity contribution in [1.82, 2.24) is 10.6 Å². The van der Waals surface area contributed by atoms with Crippen LogP contribution in [0.2, 0.25) is 0 Å². The third-order valence-corrected chi connectivity index (χ3v) is 5.74. The lowest BCUT2D eigenvalue weighted by Crippen LogP contribution is -2.38. The van der Waals surface area contributed by atoms with Crippen molar-refractivity contribution >= 4 is 0 Å². The lowest BCUT2D eigenvalue weighted by atomic mass is 9.95. The maximum Gasteiger partial charge on any atom is 0.122 e. The molecular weight excluding hydrogens is 284 g/mol. The van der Waals surface area contributed by atoms with Crippen molar-refractivity contribution in [3.05, 3.63) is 29.3 Å². The molecule has 1 aromatic carbocycles. The van der Waals surface area contributed by atoms with Crippen molar-refractivity contribution < 1.29 is 4.74 Å². The molecule has 3 atom stereocenters. The second kappa shape index (κ2) is 8.16. The fraction of sp³-hybridized carbons (Fsp3) is 0.700. The normalized spacial score (nSPS) is 25.9. The summed E-state index contributed by atoms with van der Waals surface area (Å²) < 4.78 is 5.39. The molecule has 2 fully saturated rings. The minimum Gasteiger partial charge on any atom is -0.496 e. The minimum atomic E-state index is 0.815. The van der Waals surface area contributed by atoms with Crippen molar-refractivity contribution in [2.45, 2.75) is 51.5 Å². The zero-order valence-corrected chi connectivity index (χ0v) is 14.7. The number of fused-ring (bicyclic) bond motifs is 2. The molecule has 128 valence electrons. The maximum absolute atomic E-state index is 5.39. The van der Waals surface area contributed by atoms with Gasteiger partial charge in [-0.2, -0.15) is 0 Å². The van der Waals surface area contributed by atoms with Gasteiger partial charge in [0.05, 0.1) is 7.11 Å². The Bertz CT molecular complexity index is 502. The van der Waals surface area contributed by atoms with E-state index in [0.717, 1.165) is 49.7 Å². The van der Waals surface area contributed by atoms with Crippen LogP contribution in [0.5, 0.6) is 5.75 Å². The van der Waals surface area contributed by atoms with Gasteiger partial charge in [-0.1, -0.05) is 18.6 Å². The van der Waals surface area contributed by atoms with Crippen molar-refractivity contribution in [2.75, 3.05) is 26.7 Å². The molecule has 3 rings (SSSR count). The van der Waals surface area contributed by atoms with Gasteiger partial charge in [-0.15, -0.1) is 0 Å². The van der Waals surface area contributed by atoms with Crippen LogP contribution < -0.4 is 15.4 Å². The van der Waals surface area contributed by atoms with E-state index in [1.807, 2.05) is 0 Å². The van der Waals surface area contributed by atoms with Crippen LogP contribution in [0, 0.1) is 18.8 Å². The summed E-state index contributed by atoms with van der Waals surface area (Å²) in [7, 11) is 1.75. The Morgan fingerprint density at radius 1 is 1.13 bits per heavy atom.